The van der Waals surface area contributed by atoms with Gasteiger partial charge in [-0.15, -0.1) is 0 Å². The van der Waals surface area contributed by atoms with E-state index in [1.807, 2.05) is 42.6 Å². The number of phenols is 1. The molecule has 60 heavy (non-hydrogen) atoms. The van der Waals surface area contributed by atoms with Crippen LogP contribution in [0.25, 0.3) is 32.9 Å². The van der Waals surface area contributed by atoms with E-state index in [1.54, 1.807) is 19.9 Å². The van der Waals surface area contributed by atoms with Gasteiger partial charge in [-0.2, -0.15) is 0 Å². The average molecular weight is 920 g/mol. The number of benzene rings is 3. The number of phenolic OH excluding ortho intramolecular Hbond substituents is 1. The lowest BCUT2D eigenvalue weighted by Crippen LogP contribution is -2.45. The summed E-state index contributed by atoms with van der Waals surface area (Å²) < 4.78 is 43.0. The molecule has 10 nitrogen and oxygen atoms in total. The number of pyridine rings is 2. The number of carbonyl (C=O) groups is 1. The maximum atomic E-state index is 14.9. The molecule has 3 aromatic carbocycles. The van der Waals surface area contributed by atoms with Crippen LogP contribution >= 0.6 is 27.5 Å². The zero-order valence-electron chi connectivity index (χ0n) is 34.8. The molecule has 2 N–H and O–H groups in total. The van der Waals surface area contributed by atoms with Crippen LogP contribution in [0.15, 0.2) is 70.3 Å². The quantitative estimate of drug-likeness (QED) is 0.125. The summed E-state index contributed by atoms with van der Waals surface area (Å²) in [5.74, 6) is -0.948. The monoisotopic (exact) mass is 918 g/mol. The van der Waals surface area contributed by atoms with Crippen molar-refractivity contribution in [1.82, 2.24) is 19.8 Å². The van der Waals surface area contributed by atoms with E-state index in [1.165, 1.54) is 12.3 Å². The summed E-state index contributed by atoms with van der Waals surface area (Å²) in [6.07, 6.45) is 8.77. The zero-order valence-corrected chi connectivity index (χ0v) is 38.0. The number of aromatic nitrogens is 2. The number of piperidine rings is 2. The third-order valence-corrected chi connectivity index (χ3v) is 16.2. The lowest BCUT2D eigenvalue weighted by molar-refractivity contribution is -0.123. The lowest BCUT2D eigenvalue weighted by Gasteiger charge is -2.40. The normalized spacial score (nSPS) is 18.5. The summed E-state index contributed by atoms with van der Waals surface area (Å²) in [7, 11) is 2.62. The Hall–Kier alpha value is -3.88. The molecule has 1 atom stereocenters. The van der Waals surface area contributed by atoms with Crippen molar-refractivity contribution in [2.24, 2.45) is 5.92 Å². The van der Waals surface area contributed by atoms with Crippen LogP contribution in [0.1, 0.15) is 64.4 Å². The van der Waals surface area contributed by atoms with Gasteiger partial charge in [-0.25, -0.2) is 12.8 Å². The SMILES string of the molecule is CC(C)S(=O)(=O)c1cnc2ccc(Br)cc2c1N1CCC(C(CC(=O)C2(c3cnc4ccc(-c5cc(F)c(O)c(Cl)c5)cc4c3NC3CCN(C)CC3)CC2)N(C)C)CC1. The molecular weight excluding hydrogens is 867 g/mol. The van der Waals surface area contributed by atoms with Gasteiger partial charge in [0.1, 0.15) is 10.7 Å². The maximum Gasteiger partial charge on any atom is 0.184 e. The molecule has 4 heterocycles. The highest BCUT2D eigenvalue weighted by atomic mass is 79.9. The number of sulfone groups is 1. The van der Waals surface area contributed by atoms with Gasteiger partial charge in [-0.1, -0.05) is 33.6 Å². The molecule has 0 radical (unpaired) electrons. The second-order valence-electron chi connectivity index (χ2n) is 17.6. The third kappa shape index (κ3) is 8.12. The first-order valence-electron chi connectivity index (χ1n) is 20.9. The Morgan fingerprint density at radius 3 is 2.28 bits per heavy atom. The van der Waals surface area contributed by atoms with E-state index in [9.17, 15) is 22.7 Å². The summed E-state index contributed by atoms with van der Waals surface area (Å²) in [5, 5.41) is 14.9. The summed E-state index contributed by atoms with van der Waals surface area (Å²) in [4.78, 5) is 31.4. The number of fused-ring (bicyclic) bond motifs is 2. The fourth-order valence-electron chi connectivity index (χ4n) is 9.39. The molecule has 1 aliphatic carbocycles. The molecule has 0 spiro atoms. The summed E-state index contributed by atoms with van der Waals surface area (Å²) in [6.45, 7) is 6.64. The molecule has 3 aliphatic rings. The predicted molar refractivity (Wildman–Crippen MR) is 243 cm³/mol. The van der Waals surface area contributed by atoms with Crippen molar-refractivity contribution in [1.29, 1.82) is 0 Å². The summed E-state index contributed by atoms with van der Waals surface area (Å²) in [6, 6.07) is 14.6. The topological polar surface area (TPSA) is 119 Å². The first-order valence-corrected chi connectivity index (χ1v) is 23.6. The third-order valence-electron chi connectivity index (χ3n) is 13.2. The smallest absolute Gasteiger partial charge is 0.184 e. The van der Waals surface area contributed by atoms with Crippen LogP contribution in [-0.4, -0.2) is 104 Å². The Bertz CT molecular complexity index is 2550. The number of hydrogen-bond acceptors (Lipinski definition) is 10. The van der Waals surface area contributed by atoms with E-state index in [2.05, 4.69) is 62.1 Å². The molecule has 14 heteroatoms. The fourth-order valence-corrected chi connectivity index (χ4v) is 11.2. The van der Waals surface area contributed by atoms with E-state index < -0.39 is 32.1 Å². The number of anilines is 2. The number of rotatable bonds is 12. The van der Waals surface area contributed by atoms with Gasteiger partial charge in [0.2, 0.25) is 0 Å². The zero-order chi connectivity index (χ0) is 42.7. The molecule has 0 amide bonds. The van der Waals surface area contributed by atoms with Gasteiger partial charge in [-0.3, -0.25) is 14.8 Å². The fraction of sp³-hybridized carbons (Fsp3) is 0.457. The van der Waals surface area contributed by atoms with Gasteiger partial charge in [-0.05, 0) is 146 Å². The number of nitrogens with one attached hydrogen (secondary N) is 1. The number of halogens is 3. The van der Waals surface area contributed by atoms with Gasteiger partial charge >= 0.3 is 0 Å². The Kier molecular flexibility index (Phi) is 12.0. The van der Waals surface area contributed by atoms with Crippen LogP contribution in [-0.2, 0) is 20.0 Å². The average Bonchev–Trinajstić information content (AvgIpc) is 4.04. The Balaban J connectivity index is 1.09. The minimum Gasteiger partial charge on any atom is -0.504 e. The number of carbonyl (C=O) groups excluding carboxylic acids is 1. The Morgan fingerprint density at radius 1 is 0.967 bits per heavy atom. The van der Waals surface area contributed by atoms with Crippen molar-refractivity contribution < 1.29 is 22.7 Å². The van der Waals surface area contributed by atoms with Gasteiger partial charge < -0.3 is 25.1 Å². The van der Waals surface area contributed by atoms with Crippen molar-refractivity contribution in [3.63, 3.8) is 0 Å². The van der Waals surface area contributed by atoms with Gasteiger partial charge in [0.25, 0.3) is 0 Å². The van der Waals surface area contributed by atoms with E-state index in [0.29, 0.717) is 30.8 Å². The molecule has 5 aromatic rings. The molecule has 8 rings (SSSR count). The maximum absolute atomic E-state index is 14.9. The highest BCUT2D eigenvalue weighted by molar-refractivity contribution is 9.10. The van der Waals surface area contributed by atoms with Crippen LogP contribution in [0.2, 0.25) is 5.02 Å². The van der Waals surface area contributed by atoms with Gasteiger partial charge in [0.05, 0.1) is 32.4 Å². The second-order valence-corrected chi connectivity index (χ2v) is 21.4. The van der Waals surface area contributed by atoms with Crippen LogP contribution in [0.5, 0.6) is 5.75 Å². The first-order chi connectivity index (χ1) is 28.6. The molecule has 2 aliphatic heterocycles. The summed E-state index contributed by atoms with van der Waals surface area (Å²) >= 11 is 9.81. The number of nitrogens with zero attached hydrogens (tertiary/aromatic N) is 5. The summed E-state index contributed by atoms with van der Waals surface area (Å²) in [5.41, 5.74) is 4.61. The molecule has 3 fully saturated rings. The molecule has 1 saturated carbocycles. The van der Waals surface area contributed by atoms with Crippen LogP contribution < -0.4 is 10.2 Å². The molecule has 0 bridgehead atoms. The molecule has 2 saturated heterocycles. The number of ketones is 1. The van der Waals surface area contributed by atoms with Crippen LogP contribution in [0.4, 0.5) is 15.8 Å². The second kappa shape index (κ2) is 16.8. The number of likely N-dealkylation sites (tertiary alicyclic amines) is 1. The van der Waals surface area contributed by atoms with Crippen molar-refractivity contribution in [3.8, 4) is 16.9 Å². The van der Waals surface area contributed by atoms with E-state index >= 15 is 0 Å². The van der Waals surface area contributed by atoms with Crippen molar-refractivity contribution in [3.05, 3.63) is 81.8 Å². The minimum atomic E-state index is -3.62. The van der Waals surface area contributed by atoms with Crippen molar-refractivity contribution >= 4 is 76.3 Å². The number of hydrogen-bond donors (Lipinski definition) is 2. The van der Waals surface area contributed by atoms with Gasteiger partial charge in [0, 0.05) is 70.5 Å². The van der Waals surface area contributed by atoms with Crippen LogP contribution in [0.3, 0.4) is 0 Å². The molecule has 318 valence electrons. The molecular formula is C46H53BrClFN6O4S. The Labute approximate surface area is 365 Å². The highest BCUT2D eigenvalue weighted by Gasteiger charge is 2.53. The minimum absolute atomic E-state index is 0.0150. The van der Waals surface area contributed by atoms with Crippen molar-refractivity contribution in [2.45, 2.75) is 86.4 Å². The Morgan fingerprint density at radius 2 is 1.63 bits per heavy atom. The molecule has 1 unspecified atom stereocenters. The first kappa shape index (κ1) is 42.8. The van der Waals surface area contributed by atoms with E-state index in [-0.39, 0.29) is 33.7 Å². The van der Waals surface area contributed by atoms with Crippen molar-refractivity contribution in [2.75, 3.05) is 57.5 Å². The van der Waals surface area contributed by atoms with E-state index in [4.69, 9.17) is 16.6 Å². The van der Waals surface area contributed by atoms with Gasteiger partial charge in [0.15, 0.2) is 21.4 Å². The largest absolute Gasteiger partial charge is 0.504 e. The standard InChI is InChI=1S/C46H53BrClFN6O4S/c1-27(2)60(58,59)41-26-51-39-9-7-31(47)23-34(39)44(41)55-18-10-28(11-19-55)40(53(3)4)24-42(56)46(14-15-46)35-25-50-38-8-6-29(30-21-36(48)45(57)37(49)22-30)20-33(38)43(35)52-32-12-16-54(5)17-13-32/h6-9,20-23,25-28,32,40,57H,10-19,24H2,1-5H3,(H,50,52). The number of Topliss-reactive ketones (excluding diaryl/α,β-unsaturated/α-hetero) is 1. The number of aromatic hydroxyl groups is 1. The van der Waals surface area contributed by atoms with E-state index in [0.717, 1.165) is 94.7 Å². The molecule has 2 aromatic heterocycles. The lowest BCUT2D eigenvalue weighted by atomic mass is 9.80. The highest BCUT2D eigenvalue weighted by Crippen LogP contribution is 2.54. The predicted octanol–water partition coefficient (Wildman–Crippen LogP) is 9.24. The van der Waals surface area contributed by atoms with Crippen LogP contribution in [0, 0.1) is 11.7 Å².